The summed E-state index contributed by atoms with van der Waals surface area (Å²) in [6.45, 7) is 1.55. The van der Waals surface area contributed by atoms with Crippen LogP contribution in [0.15, 0.2) is 18.2 Å². The molecule has 0 bridgehead atoms. The minimum absolute atomic E-state index is 0.161. The van der Waals surface area contributed by atoms with Crippen LogP contribution in [0.4, 0.5) is 18.0 Å². The Morgan fingerprint density at radius 1 is 1.34 bits per heavy atom. The smallest absolute Gasteiger partial charge is 0.467 e. The molecule has 1 aliphatic heterocycles. The highest BCUT2D eigenvalue weighted by molar-refractivity contribution is 6.36. The van der Waals surface area contributed by atoms with Gasteiger partial charge in [-0.15, -0.1) is 10.1 Å². The number of nitrogens with zero attached hydrogens (tertiary/aromatic N) is 1. The summed E-state index contributed by atoms with van der Waals surface area (Å²) in [5.74, 6) is -0.285. The molecule has 0 saturated heterocycles. The minimum atomic E-state index is -5.01. The second kappa shape index (κ2) is 8.54. The molecule has 13 heteroatoms. The molecule has 0 amide bonds. The SMILES string of the molecule is CC(COC(=O)OC(C)[C@]1(C(F)(F)F)C=Cc2cc(Cl)cc(Cl)c2O1)O[N+](=O)[O-]. The van der Waals surface area contributed by atoms with E-state index in [1.807, 2.05) is 0 Å². The summed E-state index contributed by atoms with van der Waals surface area (Å²) in [5.41, 5.74) is -2.85. The second-order valence-electron chi connectivity index (χ2n) is 5.99. The van der Waals surface area contributed by atoms with E-state index in [0.717, 1.165) is 13.0 Å². The Kier molecular flexibility index (Phi) is 6.74. The number of rotatable bonds is 6. The van der Waals surface area contributed by atoms with Crippen molar-refractivity contribution in [1.29, 1.82) is 0 Å². The number of hydrogen-bond acceptors (Lipinski definition) is 7. The molecule has 160 valence electrons. The first-order valence-electron chi connectivity index (χ1n) is 7.94. The standard InChI is InChI=1S/C16H14Cl2F3NO7/c1-8(29-22(24)25)7-26-14(23)27-9(2)15(16(19,20)21)4-3-10-5-11(17)6-12(18)13(10)28-15/h3-6,8-9H,7H2,1-2H3/t8?,9?,15-/m0/s1. The summed E-state index contributed by atoms with van der Waals surface area (Å²) in [5, 5.41) is 9.12. The molecule has 8 nitrogen and oxygen atoms in total. The largest absolute Gasteiger partial charge is 0.508 e. The van der Waals surface area contributed by atoms with Gasteiger partial charge in [0.2, 0.25) is 0 Å². The van der Waals surface area contributed by atoms with Crippen LogP contribution in [-0.2, 0) is 14.3 Å². The summed E-state index contributed by atoms with van der Waals surface area (Å²) in [4.78, 5) is 26.0. The number of benzene rings is 1. The van der Waals surface area contributed by atoms with Crippen molar-refractivity contribution in [3.63, 3.8) is 0 Å². The first-order chi connectivity index (χ1) is 13.4. The van der Waals surface area contributed by atoms with Crippen LogP contribution in [0.3, 0.4) is 0 Å². The molecule has 29 heavy (non-hydrogen) atoms. The lowest BCUT2D eigenvalue weighted by Gasteiger charge is -2.39. The first kappa shape index (κ1) is 22.9. The van der Waals surface area contributed by atoms with Crippen molar-refractivity contribution in [2.75, 3.05) is 6.61 Å². The Balaban J connectivity index is 2.19. The van der Waals surface area contributed by atoms with Gasteiger partial charge >= 0.3 is 12.3 Å². The fraction of sp³-hybridized carbons (Fsp3) is 0.438. The van der Waals surface area contributed by atoms with Gasteiger partial charge in [0.05, 0.1) is 5.02 Å². The zero-order chi connectivity index (χ0) is 22.0. The molecule has 2 rings (SSSR count). The van der Waals surface area contributed by atoms with Gasteiger partial charge < -0.3 is 19.0 Å². The van der Waals surface area contributed by atoms with Crippen LogP contribution in [0.5, 0.6) is 5.75 Å². The molecule has 0 aromatic heterocycles. The van der Waals surface area contributed by atoms with E-state index in [0.29, 0.717) is 6.08 Å². The van der Waals surface area contributed by atoms with E-state index in [1.54, 1.807) is 0 Å². The molecule has 0 saturated carbocycles. The average Bonchev–Trinajstić information content (AvgIpc) is 2.58. The highest BCUT2D eigenvalue weighted by Gasteiger charge is 2.62. The zero-order valence-corrected chi connectivity index (χ0v) is 16.4. The second-order valence-corrected chi connectivity index (χ2v) is 6.84. The number of halogens is 5. The predicted octanol–water partition coefficient (Wildman–Crippen LogP) is 4.84. The lowest BCUT2D eigenvalue weighted by atomic mass is 9.92. The third-order valence-corrected chi connectivity index (χ3v) is 4.34. The van der Waals surface area contributed by atoms with Crippen LogP contribution in [-0.4, -0.2) is 41.8 Å². The van der Waals surface area contributed by atoms with Crippen LogP contribution < -0.4 is 4.74 Å². The Hall–Kier alpha value is -2.40. The minimum Gasteiger partial charge on any atom is -0.467 e. The zero-order valence-electron chi connectivity index (χ0n) is 14.9. The Morgan fingerprint density at radius 2 is 2.00 bits per heavy atom. The van der Waals surface area contributed by atoms with E-state index in [1.165, 1.54) is 19.1 Å². The van der Waals surface area contributed by atoms with E-state index in [-0.39, 0.29) is 21.4 Å². The van der Waals surface area contributed by atoms with Gasteiger partial charge in [0.15, 0.2) is 6.10 Å². The molecule has 2 unspecified atom stereocenters. The number of alkyl halides is 3. The maximum absolute atomic E-state index is 13.9. The quantitative estimate of drug-likeness (QED) is 0.341. The van der Waals surface area contributed by atoms with Crippen LogP contribution in [0.1, 0.15) is 19.4 Å². The van der Waals surface area contributed by atoms with E-state index < -0.39 is 41.8 Å². The number of ether oxygens (including phenoxy) is 3. The Bertz CT molecular complexity index is 833. The van der Waals surface area contributed by atoms with Crippen molar-refractivity contribution in [3.8, 4) is 5.75 Å². The van der Waals surface area contributed by atoms with Gasteiger partial charge in [0.25, 0.3) is 10.7 Å². The molecule has 1 aromatic rings. The van der Waals surface area contributed by atoms with Crippen LogP contribution >= 0.6 is 23.2 Å². The summed E-state index contributed by atoms with van der Waals surface area (Å²) in [6, 6.07) is 2.56. The molecule has 0 N–H and O–H groups in total. The summed E-state index contributed by atoms with van der Waals surface area (Å²) < 4.78 is 56.1. The van der Waals surface area contributed by atoms with E-state index in [4.69, 9.17) is 32.7 Å². The van der Waals surface area contributed by atoms with Gasteiger partial charge in [-0.1, -0.05) is 29.3 Å². The van der Waals surface area contributed by atoms with E-state index in [2.05, 4.69) is 9.57 Å². The third kappa shape index (κ3) is 5.15. The van der Waals surface area contributed by atoms with Crippen molar-refractivity contribution in [2.24, 2.45) is 0 Å². The first-order valence-corrected chi connectivity index (χ1v) is 8.70. The highest BCUT2D eigenvalue weighted by atomic mass is 35.5. The van der Waals surface area contributed by atoms with Crippen molar-refractivity contribution in [3.05, 3.63) is 43.9 Å². The molecule has 3 atom stereocenters. The molecule has 1 aromatic carbocycles. The van der Waals surface area contributed by atoms with Crippen LogP contribution in [0.2, 0.25) is 10.0 Å². The van der Waals surface area contributed by atoms with Crippen molar-refractivity contribution < 1.29 is 42.1 Å². The molecule has 0 radical (unpaired) electrons. The van der Waals surface area contributed by atoms with Crippen LogP contribution in [0.25, 0.3) is 6.08 Å². The van der Waals surface area contributed by atoms with E-state index >= 15 is 0 Å². The van der Waals surface area contributed by atoms with Gasteiger partial charge in [-0.05, 0) is 32.1 Å². The van der Waals surface area contributed by atoms with Crippen molar-refractivity contribution >= 4 is 35.4 Å². The van der Waals surface area contributed by atoms with Gasteiger partial charge in [0.1, 0.15) is 18.5 Å². The average molecular weight is 460 g/mol. The summed E-state index contributed by atoms with van der Waals surface area (Å²) in [7, 11) is 0. The predicted molar refractivity (Wildman–Crippen MR) is 94.3 cm³/mol. The molecule has 0 fully saturated rings. The lowest BCUT2D eigenvalue weighted by Crippen LogP contribution is -2.58. The Morgan fingerprint density at radius 3 is 2.59 bits per heavy atom. The van der Waals surface area contributed by atoms with Gasteiger partial charge in [-0.25, -0.2) is 4.79 Å². The number of fused-ring (bicyclic) bond motifs is 1. The maximum atomic E-state index is 13.9. The number of carbonyl (C=O) groups is 1. The highest BCUT2D eigenvalue weighted by Crippen LogP contribution is 2.47. The molecule has 0 spiro atoms. The van der Waals surface area contributed by atoms with Crippen molar-refractivity contribution in [1.82, 2.24) is 0 Å². The van der Waals surface area contributed by atoms with Crippen molar-refractivity contribution in [2.45, 2.75) is 37.8 Å². The van der Waals surface area contributed by atoms with Gasteiger partial charge in [-0.2, -0.15) is 13.2 Å². The van der Waals surface area contributed by atoms with Crippen LogP contribution in [0, 0.1) is 10.1 Å². The molecule has 1 heterocycles. The topological polar surface area (TPSA) is 97.1 Å². The molecule has 1 aliphatic rings. The molecular formula is C16H14Cl2F3NO7. The third-order valence-electron chi connectivity index (χ3n) is 3.84. The van der Waals surface area contributed by atoms with E-state index in [9.17, 15) is 28.1 Å². The summed E-state index contributed by atoms with van der Waals surface area (Å²) >= 11 is 11.8. The fourth-order valence-corrected chi connectivity index (χ4v) is 3.01. The number of hydrogen-bond donors (Lipinski definition) is 0. The van der Waals surface area contributed by atoms with Gasteiger partial charge in [-0.3, -0.25) is 0 Å². The maximum Gasteiger partial charge on any atom is 0.508 e. The normalized spacial score (nSPS) is 20.1. The summed E-state index contributed by atoms with van der Waals surface area (Å²) in [6.07, 6.45) is -7.78. The monoisotopic (exact) mass is 459 g/mol. The number of carbonyl (C=O) groups excluding carboxylic acids is 1. The fourth-order valence-electron chi connectivity index (χ4n) is 2.46. The molecular weight excluding hydrogens is 446 g/mol. The Labute approximate surface area is 172 Å². The molecule has 0 aliphatic carbocycles. The lowest BCUT2D eigenvalue weighted by molar-refractivity contribution is -0.767. The van der Waals surface area contributed by atoms with Gasteiger partial charge in [0, 0.05) is 10.6 Å².